The van der Waals surface area contributed by atoms with Gasteiger partial charge in [-0.25, -0.2) is 9.07 Å². The van der Waals surface area contributed by atoms with Crippen molar-refractivity contribution in [2.75, 3.05) is 0 Å². The van der Waals surface area contributed by atoms with Crippen LogP contribution in [0.25, 0.3) is 33.9 Å². The standard InChI is InChI=1S/C17H13ClFN5O/c1-2-7-24-15-6-4-10(9-14(15)21-23-24)16-20-17(25-22-16)11-3-5-13(19)12(18)8-11/h3-6,8-9H,2,7H2,1H3. The Morgan fingerprint density at radius 1 is 1.16 bits per heavy atom. The summed E-state index contributed by atoms with van der Waals surface area (Å²) in [6.45, 7) is 2.90. The molecule has 2 aromatic carbocycles. The Kier molecular flexibility index (Phi) is 3.93. The van der Waals surface area contributed by atoms with Crippen LogP contribution >= 0.6 is 11.6 Å². The molecule has 0 bridgehead atoms. The van der Waals surface area contributed by atoms with Gasteiger partial charge in [-0.2, -0.15) is 4.98 Å². The summed E-state index contributed by atoms with van der Waals surface area (Å²) in [5, 5.41) is 12.3. The van der Waals surface area contributed by atoms with Gasteiger partial charge in [0.25, 0.3) is 5.89 Å². The maximum atomic E-state index is 13.3. The summed E-state index contributed by atoms with van der Waals surface area (Å²) < 4.78 is 20.4. The van der Waals surface area contributed by atoms with Gasteiger partial charge < -0.3 is 4.52 Å². The maximum Gasteiger partial charge on any atom is 0.258 e. The molecule has 0 spiro atoms. The lowest BCUT2D eigenvalue weighted by Gasteiger charge is -1.99. The van der Waals surface area contributed by atoms with Gasteiger partial charge in [-0.3, -0.25) is 0 Å². The summed E-state index contributed by atoms with van der Waals surface area (Å²) >= 11 is 5.80. The first-order chi connectivity index (χ1) is 12.2. The highest BCUT2D eigenvalue weighted by molar-refractivity contribution is 6.31. The molecule has 0 N–H and O–H groups in total. The van der Waals surface area contributed by atoms with Crippen molar-refractivity contribution in [3.8, 4) is 22.8 Å². The first-order valence-electron chi connectivity index (χ1n) is 7.78. The fourth-order valence-corrected chi connectivity index (χ4v) is 2.76. The molecule has 0 amide bonds. The molecule has 0 aliphatic carbocycles. The summed E-state index contributed by atoms with van der Waals surface area (Å²) in [6.07, 6.45) is 0.981. The van der Waals surface area contributed by atoms with Gasteiger partial charge in [0.05, 0.1) is 10.5 Å². The van der Waals surface area contributed by atoms with Gasteiger partial charge in [0, 0.05) is 17.7 Å². The van der Waals surface area contributed by atoms with Crippen molar-refractivity contribution in [3.63, 3.8) is 0 Å². The topological polar surface area (TPSA) is 69.6 Å². The van der Waals surface area contributed by atoms with Crippen molar-refractivity contribution in [2.45, 2.75) is 19.9 Å². The first-order valence-corrected chi connectivity index (χ1v) is 8.16. The Morgan fingerprint density at radius 2 is 2.00 bits per heavy atom. The molecule has 0 saturated carbocycles. The number of hydrogen-bond donors (Lipinski definition) is 0. The Morgan fingerprint density at radius 3 is 2.80 bits per heavy atom. The van der Waals surface area contributed by atoms with Crippen LogP contribution in [0.5, 0.6) is 0 Å². The number of benzene rings is 2. The number of nitrogens with zero attached hydrogens (tertiary/aromatic N) is 5. The zero-order valence-electron chi connectivity index (χ0n) is 13.3. The minimum Gasteiger partial charge on any atom is -0.334 e. The highest BCUT2D eigenvalue weighted by Crippen LogP contribution is 2.27. The summed E-state index contributed by atoms with van der Waals surface area (Å²) in [7, 11) is 0. The van der Waals surface area contributed by atoms with Crippen LogP contribution in [-0.2, 0) is 6.54 Å². The zero-order valence-corrected chi connectivity index (χ0v) is 14.0. The van der Waals surface area contributed by atoms with Gasteiger partial charge in [-0.15, -0.1) is 5.10 Å². The van der Waals surface area contributed by atoms with E-state index in [0.717, 1.165) is 29.6 Å². The normalized spacial score (nSPS) is 11.3. The van der Waals surface area contributed by atoms with E-state index in [1.165, 1.54) is 18.2 Å². The van der Waals surface area contributed by atoms with Crippen LogP contribution in [-0.4, -0.2) is 25.1 Å². The molecule has 0 unspecified atom stereocenters. The third-order valence-electron chi connectivity index (χ3n) is 3.80. The summed E-state index contributed by atoms with van der Waals surface area (Å²) in [5.41, 5.74) is 3.04. The van der Waals surface area contributed by atoms with Crippen LogP contribution < -0.4 is 0 Å². The van der Waals surface area contributed by atoms with E-state index in [-0.39, 0.29) is 10.9 Å². The molecule has 4 rings (SSSR count). The van der Waals surface area contributed by atoms with E-state index in [4.69, 9.17) is 16.1 Å². The largest absolute Gasteiger partial charge is 0.334 e. The van der Waals surface area contributed by atoms with E-state index in [2.05, 4.69) is 27.4 Å². The van der Waals surface area contributed by atoms with E-state index in [1.807, 2.05) is 22.9 Å². The molecule has 0 aliphatic rings. The molecular formula is C17H13ClFN5O. The highest BCUT2D eigenvalue weighted by Gasteiger charge is 2.14. The molecule has 0 atom stereocenters. The molecule has 2 heterocycles. The lowest BCUT2D eigenvalue weighted by molar-refractivity contribution is 0.432. The Hall–Kier alpha value is -2.80. The van der Waals surface area contributed by atoms with E-state index >= 15 is 0 Å². The van der Waals surface area contributed by atoms with Gasteiger partial charge in [0.15, 0.2) is 0 Å². The Balaban J connectivity index is 1.69. The fraction of sp³-hybridized carbons (Fsp3) is 0.176. The summed E-state index contributed by atoms with van der Waals surface area (Å²) in [5.74, 6) is 0.194. The monoisotopic (exact) mass is 357 g/mol. The van der Waals surface area contributed by atoms with Crippen molar-refractivity contribution in [3.05, 3.63) is 47.2 Å². The maximum absolute atomic E-state index is 13.3. The number of hydrogen-bond acceptors (Lipinski definition) is 5. The third kappa shape index (κ3) is 2.87. The first kappa shape index (κ1) is 15.7. The lowest BCUT2D eigenvalue weighted by atomic mass is 10.2. The lowest BCUT2D eigenvalue weighted by Crippen LogP contribution is -1.98. The number of halogens is 2. The van der Waals surface area contributed by atoms with Crippen LogP contribution in [0.15, 0.2) is 40.9 Å². The van der Waals surface area contributed by atoms with Crippen LogP contribution in [0, 0.1) is 5.82 Å². The molecule has 4 aromatic rings. The second kappa shape index (κ2) is 6.25. The van der Waals surface area contributed by atoms with Gasteiger partial charge in [-0.1, -0.05) is 28.9 Å². The van der Waals surface area contributed by atoms with E-state index in [1.54, 1.807) is 0 Å². The molecular weight excluding hydrogens is 345 g/mol. The molecule has 2 aromatic heterocycles. The zero-order chi connectivity index (χ0) is 17.4. The minimum absolute atomic E-state index is 0.00575. The second-order valence-electron chi connectivity index (χ2n) is 5.57. The van der Waals surface area contributed by atoms with E-state index in [9.17, 15) is 4.39 Å². The van der Waals surface area contributed by atoms with Gasteiger partial charge in [0.2, 0.25) is 5.82 Å². The van der Waals surface area contributed by atoms with Crippen molar-refractivity contribution in [2.24, 2.45) is 0 Å². The second-order valence-corrected chi connectivity index (χ2v) is 5.98. The summed E-state index contributed by atoms with van der Waals surface area (Å²) in [4.78, 5) is 4.36. The van der Waals surface area contributed by atoms with Crippen molar-refractivity contribution in [1.29, 1.82) is 0 Å². The van der Waals surface area contributed by atoms with Crippen molar-refractivity contribution >= 4 is 22.6 Å². The van der Waals surface area contributed by atoms with E-state index < -0.39 is 5.82 Å². The SMILES string of the molecule is CCCn1nnc2cc(-c3noc(-c4ccc(F)c(Cl)c4)n3)ccc21. The highest BCUT2D eigenvalue weighted by atomic mass is 35.5. The minimum atomic E-state index is -0.495. The molecule has 6 nitrogen and oxygen atoms in total. The third-order valence-corrected chi connectivity index (χ3v) is 4.09. The number of aromatic nitrogens is 5. The van der Waals surface area contributed by atoms with Gasteiger partial charge in [0.1, 0.15) is 11.3 Å². The molecule has 0 saturated heterocycles. The molecule has 0 radical (unpaired) electrons. The Labute approximate surface area is 147 Å². The quantitative estimate of drug-likeness (QED) is 0.543. The van der Waals surface area contributed by atoms with Crippen LogP contribution in [0.2, 0.25) is 5.02 Å². The fourth-order valence-electron chi connectivity index (χ4n) is 2.58. The molecule has 25 heavy (non-hydrogen) atoms. The summed E-state index contributed by atoms with van der Waals surface area (Å²) in [6, 6.07) is 9.95. The van der Waals surface area contributed by atoms with Gasteiger partial charge in [-0.05, 0) is 42.8 Å². The average molecular weight is 358 g/mol. The molecule has 0 fully saturated rings. The van der Waals surface area contributed by atoms with Crippen LogP contribution in [0.4, 0.5) is 4.39 Å². The number of fused-ring (bicyclic) bond motifs is 1. The predicted molar refractivity (Wildman–Crippen MR) is 91.5 cm³/mol. The number of rotatable bonds is 4. The predicted octanol–water partition coefficient (Wildman–Crippen LogP) is 4.35. The van der Waals surface area contributed by atoms with Crippen molar-refractivity contribution in [1.82, 2.24) is 25.1 Å². The smallest absolute Gasteiger partial charge is 0.258 e. The number of aryl methyl sites for hydroxylation is 1. The molecule has 126 valence electrons. The van der Waals surface area contributed by atoms with E-state index in [0.29, 0.717) is 11.4 Å². The van der Waals surface area contributed by atoms with Crippen LogP contribution in [0.1, 0.15) is 13.3 Å². The average Bonchev–Trinajstić information content (AvgIpc) is 3.25. The van der Waals surface area contributed by atoms with Crippen LogP contribution in [0.3, 0.4) is 0 Å². The Bertz CT molecular complexity index is 1060. The van der Waals surface area contributed by atoms with Crippen molar-refractivity contribution < 1.29 is 8.91 Å². The molecule has 8 heteroatoms. The molecule has 0 aliphatic heterocycles. The van der Waals surface area contributed by atoms with Gasteiger partial charge >= 0.3 is 0 Å².